The molecule has 0 aliphatic carbocycles. The Morgan fingerprint density at radius 3 is 2.62 bits per heavy atom. The Morgan fingerprint density at radius 2 is 1.88 bits per heavy atom. The van der Waals surface area contributed by atoms with Crippen molar-refractivity contribution in [2.24, 2.45) is 0 Å². The highest BCUT2D eigenvalue weighted by Crippen LogP contribution is 2.31. The molecule has 1 aliphatic rings. The van der Waals surface area contributed by atoms with Gasteiger partial charge < -0.3 is 20.2 Å². The van der Waals surface area contributed by atoms with Crippen molar-refractivity contribution < 1.29 is 9.84 Å². The van der Waals surface area contributed by atoms with Crippen molar-refractivity contribution in [2.75, 3.05) is 26.3 Å². The average molecular weight is 430 g/mol. The van der Waals surface area contributed by atoms with Gasteiger partial charge in [-0.25, -0.2) is 0 Å². The van der Waals surface area contributed by atoms with Crippen LogP contribution in [0.4, 0.5) is 0 Å². The van der Waals surface area contributed by atoms with Gasteiger partial charge in [0.1, 0.15) is 5.69 Å². The van der Waals surface area contributed by atoms with Gasteiger partial charge in [-0.1, -0.05) is 12.1 Å². The van der Waals surface area contributed by atoms with E-state index >= 15 is 0 Å². The maximum absolute atomic E-state index is 10.1. The van der Waals surface area contributed by atoms with Crippen molar-refractivity contribution in [1.29, 1.82) is 5.41 Å². The van der Waals surface area contributed by atoms with Crippen molar-refractivity contribution in [3.63, 3.8) is 0 Å². The molecule has 3 heterocycles. The number of aromatic nitrogens is 3. The minimum Gasteiger partial charge on any atom is -0.512 e. The first-order chi connectivity index (χ1) is 15.5. The smallest absolute Gasteiger partial charge is 0.116 e. The Morgan fingerprint density at radius 1 is 1.09 bits per heavy atom. The summed E-state index contributed by atoms with van der Waals surface area (Å²) in [6, 6.07) is 14.5. The van der Waals surface area contributed by atoms with Gasteiger partial charge in [0.15, 0.2) is 0 Å². The number of fused-ring (bicyclic) bond motifs is 2. The minimum absolute atomic E-state index is 0.139. The van der Waals surface area contributed by atoms with E-state index in [4.69, 9.17) is 10.1 Å². The first-order valence-electron chi connectivity index (χ1n) is 10.9. The Labute approximate surface area is 186 Å². The third-order valence-corrected chi connectivity index (χ3v) is 6.04. The summed E-state index contributed by atoms with van der Waals surface area (Å²) in [4.78, 5) is 5.91. The third-order valence-electron chi connectivity index (χ3n) is 6.04. The van der Waals surface area contributed by atoms with E-state index in [0.29, 0.717) is 11.3 Å². The van der Waals surface area contributed by atoms with Crippen molar-refractivity contribution in [2.45, 2.75) is 20.4 Å². The molecule has 32 heavy (non-hydrogen) atoms. The standard InChI is InChI=1S/C25H27N5O2/c1-15(26)24(16(2)31)18-4-6-22-20(12-18)25(29-28-22)23-13-19-11-17(3-5-21(19)27-23)14-30-7-9-32-10-8-30/h3-6,11-13,26-27,31H,7-10,14H2,1-2H3,(H,28,29)/b24-16+,26-15?. The van der Waals surface area contributed by atoms with Crippen LogP contribution >= 0.6 is 0 Å². The molecule has 0 saturated carbocycles. The summed E-state index contributed by atoms with van der Waals surface area (Å²) in [7, 11) is 0. The second-order valence-electron chi connectivity index (χ2n) is 8.41. The summed E-state index contributed by atoms with van der Waals surface area (Å²) in [6.45, 7) is 7.76. The molecule has 1 aliphatic heterocycles. The van der Waals surface area contributed by atoms with E-state index in [9.17, 15) is 5.11 Å². The first-order valence-corrected chi connectivity index (χ1v) is 10.9. The molecule has 2 aromatic heterocycles. The van der Waals surface area contributed by atoms with Gasteiger partial charge in [0, 0.05) is 47.2 Å². The molecule has 0 spiro atoms. The molecular formula is C25H27N5O2. The molecule has 1 saturated heterocycles. The number of rotatable bonds is 5. The number of hydrogen-bond donors (Lipinski definition) is 4. The van der Waals surface area contributed by atoms with Gasteiger partial charge in [-0.3, -0.25) is 10.00 Å². The van der Waals surface area contributed by atoms with E-state index in [0.717, 1.165) is 71.6 Å². The van der Waals surface area contributed by atoms with Crippen LogP contribution in [0.25, 0.3) is 38.8 Å². The van der Waals surface area contributed by atoms with Gasteiger partial charge in [-0.05, 0) is 55.3 Å². The number of nitrogens with zero attached hydrogens (tertiary/aromatic N) is 2. The van der Waals surface area contributed by atoms with Gasteiger partial charge >= 0.3 is 0 Å². The van der Waals surface area contributed by atoms with Crippen molar-refractivity contribution in [3.05, 3.63) is 59.4 Å². The van der Waals surface area contributed by atoms with Crippen LogP contribution in [0.2, 0.25) is 0 Å². The van der Waals surface area contributed by atoms with E-state index in [1.807, 2.05) is 18.2 Å². The molecule has 1 fully saturated rings. The van der Waals surface area contributed by atoms with Crippen LogP contribution in [-0.4, -0.2) is 57.2 Å². The van der Waals surface area contributed by atoms with Gasteiger partial charge in [-0.2, -0.15) is 5.10 Å². The molecule has 0 radical (unpaired) electrons. The average Bonchev–Trinajstić information content (AvgIpc) is 3.37. The summed E-state index contributed by atoms with van der Waals surface area (Å²) in [5, 5.41) is 27.9. The zero-order valence-electron chi connectivity index (χ0n) is 18.3. The predicted octanol–water partition coefficient (Wildman–Crippen LogP) is 4.87. The van der Waals surface area contributed by atoms with E-state index in [1.54, 1.807) is 13.8 Å². The lowest BCUT2D eigenvalue weighted by molar-refractivity contribution is 0.0342. The van der Waals surface area contributed by atoms with Crippen molar-refractivity contribution >= 4 is 33.1 Å². The van der Waals surface area contributed by atoms with E-state index in [2.05, 4.69) is 44.3 Å². The zero-order valence-corrected chi connectivity index (χ0v) is 18.3. The molecular weight excluding hydrogens is 402 g/mol. The lowest BCUT2D eigenvalue weighted by atomic mass is 9.98. The third kappa shape index (κ3) is 3.81. The normalized spacial score (nSPS) is 15.9. The molecule has 7 heteroatoms. The predicted molar refractivity (Wildman–Crippen MR) is 128 cm³/mol. The Bertz CT molecular complexity index is 1340. The van der Waals surface area contributed by atoms with Crippen LogP contribution in [0.5, 0.6) is 0 Å². The number of ether oxygens (including phenoxy) is 1. The number of allylic oxidation sites excluding steroid dienone is 2. The number of H-pyrrole nitrogens is 2. The number of aromatic amines is 2. The second-order valence-corrected chi connectivity index (χ2v) is 8.41. The Kier molecular flexibility index (Phi) is 5.28. The van der Waals surface area contributed by atoms with Crippen LogP contribution in [0.15, 0.2) is 48.2 Å². The number of aliphatic hydroxyl groups is 1. The fraction of sp³-hybridized carbons (Fsp3) is 0.280. The van der Waals surface area contributed by atoms with Crippen LogP contribution in [0, 0.1) is 5.41 Å². The monoisotopic (exact) mass is 429 g/mol. The van der Waals surface area contributed by atoms with Gasteiger partial charge in [0.05, 0.1) is 30.2 Å². The maximum Gasteiger partial charge on any atom is 0.116 e. The highest BCUT2D eigenvalue weighted by molar-refractivity contribution is 6.22. The molecule has 0 bridgehead atoms. The first kappa shape index (κ1) is 20.5. The SMILES string of the molecule is CC(=N)/C(=C(/C)O)c1ccc2[nH]nc(-c3cc4cc(CN5CCOCC5)ccc4[nH]3)c2c1. The van der Waals surface area contributed by atoms with Crippen LogP contribution < -0.4 is 0 Å². The second kappa shape index (κ2) is 8.26. The van der Waals surface area contributed by atoms with E-state index in [1.165, 1.54) is 5.56 Å². The molecule has 0 unspecified atom stereocenters. The molecule has 2 aromatic carbocycles. The molecule has 164 valence electrons. The number of nitrogens with one attached hydrogen (secondary N) is 3. The molecule has 4 aromatic rings. The van der Waals surface area contributed by atoms with Gasteiger partial charge in [0.2, 0.25) is 0 Å². The number of hydrogen-bond acceptors (Lipinski definition) is 5. The highest BCUT2D eigenvalue weighted by Gasteiger charge is 2.16. The van der Waals surface area contributed by atoms with Crippen LogP contribution in [-0.2, 0) is 11.3 Å². The summed E-state index contributed by atoms with van der Waals surface area (Å²) >= 11 is 0. The topological polar surface area (TPSA) is 101 Å². The largest absolute Gasteiger partial charge is 0.512 e. The van der Waals surface area contributed by atoms with E-state index in [-0.39, 0.29) is 5.76 Å². The number of benzene rings is 2. The summed E-state index contributed by atoms with van der Waals surface area (Å²) in [5.74, 6) is 0.139. The quantitative estimate of drug-likeness (QED) is 0.268. The molecule has 0 amide bonds. The van der Waals surface area contributed by atoms with Gasteiger partial charge in [-0.15, -0.1) is 0 Å². The van der Waals surface area contributed by atoms with Crippen LogP contribution in [0.3, 0.4) is 0 Å². The summed E-state index contributed by atoms with van der Waals surface area (Å²) in [6.07, 6.45) is 0. The molecule has 7 nitrogen and oxygen atoms in total. The Balaban J connectivity index is 1.51. The fourth-order valence-corrected chi connectivity index (χ4v) is 4.50. The lowest BCUT2D eigenvalue weighted by Crippen LogP contribution is -2.35. The van der Waals surface area contributed by atoms with Crippen LogP contribution in [0.1, 0.15) is 25.0 Å². The lowest BCUT2D eigenvalue weighted by Gasteiger charge is -2.26. The number of morpholine rings is 1. The summed E-state index contributed by atoms with van der Waals surface area (Å²) < 4.78 is 5.45. The van der Waals surface area contributed by atoms with Crippen molar-refractivity contribution in [1.82, 2.24) is 20.1 Å². The minimum atomic E-state index is 0.139. The molecule has 0 atom stereocenters. The summed E-state index contributed by atoms with van der Waals surface area (Å²) in [5.41, 5.74) is 6.70. The maximum atomic E-state index is 10.1. The highest BCUT2D eigenvalue weighted by atomic mass is 16.5. The van der Waals surface area contributed by atoms with E-state index < -0.39 is 0 Å². The van der Waals surface area contributed by atoms with Crippen molar-refractivity contribution in [3.8, 4) is 11.4 Å². The zero-order chi connectivity index (χ0) is 22.2. The van der Waals surface area contributed by atoms with Gasteiger partial charge in [0.25, 0.3) is 0 Å². The molecule has 5 rings (SSSR count). The number of aliphatic hydroxyl groups excluding tert-OH is 1. The Hall–Kier alpha value is -3.42. The fourth-order valence-electron chi connectivity index (χ4n) is 4.50. The molecule has 4 N–H and O–H groups in total.